The number of hydrogen-bond acceptors (Lipinski definition) is 4. The molecule has 0 fully saturated rings. The van der Waals surface area contributed by atoms with Crippen molar-refractivity contribution in [1.29, 1.82) is 0 Å². The van der Waals surface area contributed by atoms with Crippen molar-refractivity contribution in [3.8, 4) is 0 Å². The monoisotopic (exact) mass is 265 g/mol. The van der Waals surface area contributed by atoms with Crippen LogP contribution in [0.15, 0.2) is 23.4 Å². The Bertz CT molecular complexity index is 464. The first-order valence-electron chi connectivity index (χ1n) is 6.34. The fourth-order valence-electron chi connectivity index (χ4n) is 2.01. The van der Waals surface area contributed by atoms with Crippen LogP contribution in [0.4, 0.5) is 5.69 Å². The molecule has 1 aromatic rings. The van der Waals surface area contributed by atoms with Crippen LogP contribution in [0, 0.1) is 6.92 Å². The van der Waals surface area contributed by atoms with Crippen LogP contribution >= 0.6 is 0 Å². The largest absolute Gasteiger partial charge is 0.409 e. The Hall–Kier alpha value is -1.75. The third-order valence-electron chi connectivity index (χ3n) is 2.84. The molecule has 0 aliphatic rings. The molecule has 0 spiro atoms. The van der Waals surface area contributed by atoms with E-state index in [0.717, 1.165) is 17.8 Å². The molecule has 0 heterocycles. The van der Waals surface area contributed by atoms with E-state index in [2.05, 4.69) is 5.16 Å². The van der Waals surface area contributed by atoms with Gasteiger partial charge in [0, 0.05) is 24.3 Å². The van der Waals surface area contributed by atoms with E-state index >= 15 is 0 Å². The van der Waals surface area contributed by atoms with Crippen LogP contribution in [0.25, 0.3) is 0 Å². The van der Waals surface area contributed by atoms with Crippen LogP contribution in [0.3, 0.4) is 0 Å². The first-order valence-corrected chi connectivity index (χ1v) is 6.34. The zero-order chi connectivity index (χ0) is 14.6. The maximum atomic E-state index is 9.98. The third-order valence-corrected chi connectivity index (χ3v) is 2.84. The smallest absolute Gasteiger partial charge is 0.172 e. The zero-order valence-electron chi connectivity index (χ0n) is 12.0. The summed E-state index contributed by atoms with van der Waals surface area (Å²) in [5, 5.41) is 21.9. The van der Waals surface area contributed by atoms with Crippen molar-refractivity contribution < 1.29 is 10.3 Å². The van der Waals surface area contributed by atoms with Gasteiger partial charge >= 0.3 is 0 Å². The Morgan fingerprint density at radius 3 is 2.53 bits per heavy atom. The van der Waals surface area contributed by atoms with Gasteiger partial charge in [0.2, 0.25) is 0 Å². The number of amidine groups is 1. The summed E-state index contributed by atoms with van der Waals surface area (Å²) in [6.45, 7) is 8.70. The van der Waals surface area contributed by atoms with E-state index < -0.39 is 5.60 Å². The van der Waals surface area contributed by atoms with Crippen LogP contribution in [-0.4, -0.2) is 34.8 Å². The highest BCUT2D eigenvalue weighted by atomic mass is 16.4. The second-order valence-electron chi connectivity index (χ2n) is 5.33. The van der Waals surface area contributed by atoms with E-state index in [1.54, 1.807) is 13.8 Å². The molecule has 0 bridgehead atoms. The SMILES string of the molecule is CCN(CC(C)(C)O)c1cc(C)ccc1C(N)=NO. The lowest BCUT2D eigenvalue weighted by molar-refractivity contribution is 0.0876. The summed E-state index contributed by atoms with van der Waals surface area (Å²) >= 11 is 0. The van der Waals surface area contributed by atoms with Crippen LogP contribution < -0.4 is 10.6 Å². The first kappa shape index (κ1) is 15.3. The molecule has 5 nitrogen and oxygen atoms in total. The van der Waals surface area contributed by atoms with Gasteiger partial charge in [-0.25, -0.2) is 0 Å². The third kappa shape index (κ3) is 4.13. The molecule has 4 N–H and O–H groups in total. The number of likely N-dealkylation sites (N-methyl/N-ethyl adjacent to an activating group) is 1. The summed E-state index contributed by atoms with van der Waals surface area (Å²) in [6, 6.07) is 5.71. The number of nitrogens with zero attached hydrogens (tertiary/aromatic N) is 2. The van der Waals surface area contributed by atoms with Crippen molar-refractivity contribution in [2.24, 2.45) is 10.9 Å². The quantitative estimate of drug-likeness (QED) is 0.327. The molecule has 0 saturated heterocycles. The average Bonchev–Trinajstić information content (AvgIpc) is 2.33. The fraction of sp³-hybridized carbons (Fsp3) is 0.500. The number of hydrogen-bond donors (Lipinski definition) is 3. The second kappa shape index (κ2) is 5.93. The maximum Gasteiger partial charge on any atom is 0.172 e. The Labute approximate surface area is 114 Å². The zero-order valence-corrected chi connectivity index (χ0v) is 12.0. The molecular weight excluding hydrogens is 242 g/mol. The highest BCUT2D eigenvalue weighted by Gasteiger charge is 2.20. The Morgan fingerprint density at radius 2 is 2.05 bits per heavy atom. The number of aliphatic hydroxyl groups is 1. The number of anilines is 1. The van der Waals surface area contributed by atoms with Gasteiger partial charge in [-0.05, 0) is 45.4 Å². The number of aryl methyl sites for hydroxylation is 1. The Balaban J connectivity index is 3.25. The van der Waals surface area contributed by atoms with Gasteiger partial charge in [0.15, 0.2) is 5.84 Å². The number of benzene rings is 1. The van der Waals surface area contributed by atoms with Crippen molar-refractivity contribution in [3.63, 3.8) is 0 Å². The normalized spacial score (nSPS) is 12.6. The lowest BCUT2D eigenvalue weighted by atomic mass is 10.0. The molecule has 0 aromatic heterocycles. The summed E-state index contributed by atoms with van der Waals surface area (Å²) in [5.41, 5.74) is 7.50. The van der Waals surface area contributed by atoms with E-state index in [9.17, 15) is 5.11 Å². The van der Waals surface area contributed by atoms with Crippen molar-refractivity contribution in [2.75, 3.05) is 18.0 Å². The average molecular weight is 265 g/mol. The predicted octanol–water partition coefficient (Wildman–Crippen LogP) is 1.69. The molecule has 5 heteroatoms. The van der Waals surface area contributed by atoms with E-state index in [4.69, 9.17) is 10.9 Å². The Morgan fingerprint density at radius 1 is 1.42 bits per heavy atom. The standard InChI is InChI=1S/C14H23N3O2/c1-5-17(9-14(3,4)18)12-8-10(2)6-7-11(12)13(15)16-19/h6-8,18-19H,5,9H2,1-4H3,(H2,15,16). The van der Waals surface area contributed by atoms with Crippen LogP contribution in [0.2, 0.25) is 0 Å². The predicted molar refractivity (Wildman–Crippen MR) is 77.9 cm³/mol. The van der Waals surface area contributed by atoms with E-state index in [1.165, 1.54) is 0 Å². The highest BCUT2D eigenvalue weighted by molar-refractivity contribution is 6.02. The van der Waals surface area contributed by atoms with Gasteiger partial charge < -0.3 is 20.9 Å². The summed E-state index contributed by atoms with van der Waals surface area (Å²) in [7, 11) is 0. The van der Waals surface area contributed by atoms with E-state index in [0.29, 0.717) is 12.1 Å². The van der Waals surface area contributed by atoms with Crippen LogP contribution in [-0.2, 0) is 0 Å². The summed E-state index contributed by atoms with van der Waals surface area (Å²) < 4.78 is 0. The molecule has 0 saturated carbocycles. The first-order chi connectivity index (χ1) is 8.78. The van der Waals surface area contributed by atoms with Crippen LogP contribution in [0.1, 0.15) is 31.9 Å². The summed E-state index contributed by atoms with van der Waals surface area (Å²) in [4.78, 5) is 2.01. The van der Waals surface area contributed by atoms with Gasteiger partial charge in [0.25, 0.3) is 0 Å². The van der Waals surface area contributed by atoms with Gasteiger partial charge in [-0.1, -0.05) is 11.2 Å². The highest BCUT2D eigenvalue weighted by Crippen LogP contribution is 2.24. The second-order valence-corrected chi connectivity index (χ2v) is 5.33. The topological polar surface area (TPSA) is 82.1 Å². The van der Waals surface area contributed by atoms with Gasteiger partial charge in [0.1, 0.15) is 0 Å². The molecule has 1 rings (SSSR count). The maximum absolute atomic E-state index is 9.98. The molecule has 0 aliphatic heterocycles. The molecular formula is C14H23N3O2. The Kier molecular flexibility index (Phi) is 4.78. The van der Waals surface area contributed by atoms with Gasteiger partial charge in [-0.15, -0.1) is 0 Å². The molecule has 19 heavy (non-hydrogen) atoms. The molecule has 0 unspecified atom stereocenters. The number of rotatable bonds is 5. The lowest BCUT2D eigenvalue weighted by Crippen LogP contribution is -2.39. The molecule has 106 valence electrons. The summed E-state index contributed by atoms with van der Waals surface area (Å²) in [5.74, 6) is 0.0733. The molecule has 0 radical (unpaired) electrons. The minimum atomic E-state index is -0.817. The minimum Gasteiger partial charge on any atom is -0.409 e. The van der Waals surface area contributed by atoms with Crippen molar-refractivity contribution >= 4 is 11.5 Å². The van der Waals surface area contributed by atoms with Gasteiger partial charge in [-0.3, -0.25) is 0 Å². The van der Waals surface area contributed by atoms with Crippen LogP contribution in [0.5, 0.6) is 0 Å². The molecule has 0 aliphatic carbocycles. The summed E-state index contributed by atoms with van der Waals surface area (Å²) in [6.07, 6.45) is 0. The van der Waals surface area contributed by atoms with Crippen molar-refractivity contribution in [2.45, 2.75) is 33.3 Å². The minimum absolute atomic E-state index is 0.0733. The number of nitrogens with two attached hydrogens (primary N) is 1. The van der Waals surface area contributed by atoms with Gasteiger partial charge in [-0.2, -0.15) is 0 Å². The van der Waals surface area contributed by atoms with Gasteiger partial charge in [0.05, 0.1) is 5.60 Å². The van der Waals surface area contributed by atoms with Crippen molar-refractivity contribution in [1.82, 2.24) is 0 Å². The molecule has 0 atom stereocenters. The lowest BCUT2D eigenvalue weighted by Gasteiger charge is -2.31. The fourth-order valence-corrected chi connectivity index (χ4v) is 2.01. The molecule has 1 aromatic carbocycles. The van der Waals surface area contributed by atoms with E-state index in [1.807, 2.05) is 36.9 Å². The van der Waals surface area contributed by atoms with E-state index in [-0.39, 0.29) is 5.84 Å². The van der Waals surface area contributed by atoms with Crippen molar-refractivity contribution in [3.05, 3.63) is 29.3 Å². The number of oxime groups is 1. The molecule has 0 amide bonds.